The zero-order valence-corrected chi connectivity index (χ0v) is 8.47. The summed E-state index contributed by atoms with van der Waals surface area (Å²) in [6, 6.07) is 0.619. The van der Waals surface area contributed by atoms with Gasteiger partial charge in [0.25, 0.3) is 0 Å². The molecule has 66 valence electrons. The first kappa shape index (κ1) is 8.19. The average molecular weight is 201 g/mol. The van der Waals surface area contributed by atoms with Crippen LogP contribution >= 0.6 is 23.6 Å². The Labute approximate surface area is 80.2 Å². The quantitative estimate of drug-likeness (QED) is 0.722. The molecular formula is C7H11N3S2. The number of H-pyrrole nitrogens is 1. The smallest absolute Gasteiger partial charge is 0.204 e. The van der Waals surface area contributed by atoms with E-state index in [4.69, 9.17) is 12.2 Å². The van der Waals surface area contributed by atoms with E-state index in [9.17, 15) is 0 Å². The molecule has 5 heteroatoms. The van der Waals surface area contributed by atoms with Gasteiger partial charge in [0.05, 0.1) is 0 Å². The van der Waals surface area contributed by atoms with Crippen LogP contribution in [0.1, 0.15) is 19.8 Å². The van der Waals surface area contributed by atoms with Gasteiger partial charge in [-0.05, 0) is 31.0 Å². The molecule has 0 radical (unpaired) electrons. The monoisotopic (exact) mass is 201 g/mol. The fraction of sp³-hybridized carbons (Fsp3) is 0.714. The molecule has 0 saturated heterocycles. The second kappa shape index (κ2) is 3.14. The lowest BCUT2D eigenvalue weighted by atomic mass is 9.82. The maximum atomic E-state index is 4.92. The Balaban J connectivity index is 1.92. The lowest BCUT2D eigenvalue weighted by Crippen LogP contribution is -2.33. The van der Waals surface area contributed by atoms with E-state index < -0.39 is 0 Å². The highest BCUT2D eigenvalue weighted by Crippen LogP contribution is 2.29. The Bertz CT molecular complexity index is 310. The third-order valence-corrected chi connectivity index (χ3v) is 3.16. The molecule has 3 nitrogen and oxygen atoms in total. The molecule has 1 aliphatic carbocycles. The number of anilines is 1. The van der Waals surface area contributed by atoms with Crippen LogP contribution in [0.2, 0.25) is 0 Å². The van der Waals surface area contributed by atoms with Gasteiger partial charge in [0.1, 0.15) is 0 Å². The van der Waals surface area contributed by atoms with Crippen LogP contribution in [0.5, 0.6) is 0 Å². The summed E-state index contributed by atoms with van der Waals surface area (Å²) in [7, 11) is 0. The second-order valence-corrected chi connectivity index (χ2v) is 5.00. The Hall–Kier alpha value is -0.420. The highest BCUT2D eigenvalue weighted by Gasteiger charge is 2.25. The molecule has 0 aromatic carbocycles. The molecule has 1 aromatic rings. The van der Waals surface area contributed by atoms with Crippen molar-refractivity contribution in [3.05, 3.63) is 3.95 Å². The van der Waals surface area contributed by atoms with E-state index >= 15 is 0 Å². The Morgan fingerprint density at radius 2 is 2.42 bits per heavy atom. The molecular weight excluding hydrogens is 190 g/mol. The molecule has 0 atom stereocenters. The highest BCUT2D eigenvalue weighted by atomic mass is 32.1. The molecule has 0 unspecified atom stereocenters. The predicted molar refractivity (Wildman–Crippen MR) is 53.1 cm³/mol. The molecule has 0 bridgehead atoms. The summed E-state index contributed by atoms with van der Waals surface area (Å²) >= 11 is 6.43. The largest absolute Gasteiger partial charge is 0.357 e. The van der Waals surface area contributed by atoms with Crippen LogP contribution < -0.4 is 5.32 Å². The first-order valence-electron chi connectivity index (χ1n) is 4.06. The fourth-order valence-electron chi connectivity index (χ4n) is 1.49. The standard InChI is InChI=1S/C7H11N3S2/c1-4-2-5(3-4)8-6-9-10-7(11)12-6/h4-5H,2-3H2,1H3,(H,8,9)(H,10,11). The number of rotatable bonds is 2. The third kappa shape index (κ3) is 1.67. The minimum absolute atomic E-state index is 0.619. The van der Waals surface area contributed by atoms with Gasteiger partial charge < -0.3 is 5.32 Å². The SMILES string of the molecule is CC1CC(Nc2n[nH]c(=S)s2)C1. The van der Waals surface area contributed by atoms with E-state index in [0.717, 1.165) is 15.0 Å². The van der Waals surface area contributed by atoms with Crippen LogP contribution in [0, 0.1) is 9.87 Å². The Kier molecular flexibility index (Phi) is 2.14. The zero-order valence-electron chi connectivity index (χ0n) is 6.83. The van der Waals surface area contributed by atoms with Crippen molar-refractivity contribution < 1.29 is 0 Å². The van der Waals surface area contributed by atoms with E-state index in [0.29, 0.717) is 6.04 Å². The van der Waals surface area contributed by atoms with Crippen molar-refractivity contribution in [3.8, 4) is 0 Å². The van der Waals surface area contributed by atoms with Crippen molar-refractivity contribution in [3.63, 3.8) is 0 Å². The minimum atomic E-state index is 0.619. The molecule has 2 rings (SSSR count). The van der Waals surface area contributed by atoms with Gasteiger partial charge in [0.2, 0.25) is 5.13 Å². The first-order valence-corrected chi connectivity index (χ1v) is 5.28. The summed E-state index contributed by atoms with van der Waals surface area (Å²) in [5.41, 5.74) is 0. The van der Waals surface area contributed by atoms with Gasteiger partial charge in [-0.1, -0.05) is 18.3 Å². The average Bonchev–Trinajstić information content (AvgIpc) is 2.33. The van der Waals surface area contributed by atoms with Crippen molar-refractivity contribution in [1.29, 1.82) is 0 Å². The molecule has 1 saturated carbocycles. The van der Waals surface area contributed by atoms with Gasteiger partial charge in [-0.25, -0.2) is 0 Å². The topological polar surface area (TPSA) is 40.7 Å². The van der Waals surface area contributed by atoms with Crippen LogP contribution in [0.15, 0.2) is 0 Å². The van der Waals surface area contributed by atoms with E-state index in [2.05, 4.69) is 22.4 Å². The van der Waals surface area contributed by atoms with Gasteiger partial charge >= 0.3 is 0 Å². The predicted octanol–water partition coefficient (Wildman–Crippen LogP) is 2.41. The molecule has 0 spiro atoms. The number of nitrogens with zero attached hydrogens (tertiary/aromatic N) is 1. The molecule has 2 N–H and O–H groups in total. The molecule has 1 aliphatic rings. The number of hydrogen-bond acceptors (Lipinski definition) is 4. The van der Waals surface area contributed by atoms with Crippen molar-refractivity contribution in [1.82, 2.24) is 10.2 Å². The van der Waals surface area contributed by atoms with Crippen molar-refractivity contribution >= 4 is 28.7 Å². The van der Waals surface area contributed by atoms with E-state index in [1.165, 1.54) is 24.2 Å². The zero-order chi connectivity index (χ0) is 8.55. The van der Waals surface area contributed by atoms with Crippen molar-refractivity contribution in [2.24, 2.45) is 5.92 Å². The number of aromatic amines is 1. The van der Waals surface area contributed by atoms with Crippen molar-refractivity contribution in [2.75, 3.05) is 5.32 Å². The minimum Gasteiger partial charge on any atom is -0.357 e. The summed E-state index contributed by atoms with van der Waals surface area (Å²) in [5.74, 6) is 0.870. The molecule has 0 aliphatic heterocycles. The Morgan fingerprint density at radius 3 is 2.92 bits per heavy atom. The van der Waals surface area contributed by atoms with Crippen LogP contribution in [-0.2, 0) is 0 Å². The maximum absolute atomic E-state index is 4.92. The van der Waals surface area contributed by atoms with Gasteiger partial charge in [-0.15, -0.1) is 5.10 Å². The first-order chi connectivity index (χ1) is 5.74. The van der Waals surface area contributed by atoms with Crippen LogP contribution in [-0.4, -0.2) is 16.2 Å². The van der Waals surface area contributed by atoms with Crippen LogP contribution in [0.3, 0.4) is 0 Å². The highest BCUT2D eigenvalue weighted by molar-refractivity contribution is 7.73. The van der Waals surface area contributed by atoms with Gasteiger partial charge in [0, 0.05) is 6.04 Å². The molecule has 1 heterocycles. The lowest BCUT2D eigenvalue weighted by Gasteiger charge is -2.32. The molecule has 1 fully saturated rings. The summed E-state index contributed by atoms with van der Waals surface area (Å²) in [5, 5.41) is 11.1. The molecule has 0 amide bonds. The summed E-state index contributed by atoms with van der Waals surface area (Å²) < 4.78 is 0.741. The number of hydrogen-bond donors (Lipinski definition) is 2. The van der Waals surface area contributed by atoms with Gasteiger partial charge in [-0.3, -0.25) is 5.10 Å². The summed E-state index contributed by atoms with van der Waals surface area (Å²) in [6.45, 7) is 2.27. The lowest BCUT2D eigenvalue weighted by molar-refractivity contribution is 0.309. The maximum Gasteiger partial charge on any atom is 0.204 e. The normalized spacial score (nSPS) is 28.1. The molecule has 12 heavy (non-hydrogen) atoms. The van der Waals surface area contributed by atoms with E-state index in [-0.39, 0.29) is 0 Å². The van der Waals surface area contributed by atoms with Crippen LogP contribution in [0.4, 0.5) is 5.13 Å². The number of nitrogens with one attached hydrogen (secondary N) is 2. The summed E-state index contributed by atoms with van der Waals surface area (Å²) in [6.07, 6.45) is 2.51. The summed E-state index contributed by atoms with van der Waals surface area (Å²) in [4.78, 5) is 0. The fourth-order valence-corrected chi connectivity index (χ4v) is 2.35. The number of aromatic nitrogens is 2. The third-order valence-electron chi connectivity index (χ3n) is 2.14. The van der Waals surface area contributed by atoms with Gasteiger partial charge in [0.15, 0.2) is 3.95 Å². The molecule has 1 aromatic heterocycles. The van der Waals surface area contributed by atoms with Crippen molar-refractivity contribution in [2.45, 2.75) is 25.8 Å². The Morgan fingerprint density at radius 1 is 1.67 bits per heavy atom. The van der Waals surface area contributed by atoms with E-state index in [1.54, 1.807) is 0 Å². The van der Waals surface area contributed by atoms with E-state index in [1.807, 2.05) is 0 Å². The van der Waals surface area contributed by atoms with Crippen LogP contribution in [0.25, 0.3) is 0 Å². The van der Waals surface area contributed by atoms with Gasteiger partial charge in [-0.2, -0.15) is 0 Å². The second-order valence-electron chi connectivity index (χ2n) is 3.34.